The monoisotopic (exact) mass is 268 g/mol. The van der Waals surface area contributed by atoms with Crippen LogP contribution >= 0.6 is 0 Å². The summed E-state index contributed by atoms with van der Waals surface area (Å²) in [4.78, 5) is 13.9. The highest BCUT2D eigenvalue weighted by Gasteiger charge is 2.37. The Kier molecular flexibility index (Phi) is 4.09. The van der Waals surface area contributed by atoms with E-state index in [1.807, 2.05) is 25.7 Å². The third kappa shape index (κ3) is 4.10. The number of hydrogen-bond donors (Lipinski definition) is 1. The van der Waals surface area contributed by atoms with Crippen molar-refractivity contribution in [3.63, 3.8) is 0 Å². The molecule has 1 saturated heterocycles. The molecule has 0 aromatic carbocycles. The summed E-state index contributed by atoms with van der Waals surface area (Å²) < 4.78 is 5.45. The summed E-state index contributed by atoms with van der Waals surface area (Å²) in [7, 11) is 0. The van der Waals surface area contributed by atoms with E-state index < -0.39 is 5.60 Å². The first-order valence-corrected chi connectivity index (χ1v) is 7.54. The van der Waals surface area contributed by atoms with Crippen molar-refractivity contribution >= 4 is 6.09 Å². The summed E-state index contributed by atoms with van der Waals surface area (Å²) in [6, 6.07) is 0. The van der Waals surface area contributed by atoms with Crippen LogP contribution in [0.1, 0.15) is 59.3 Å². The number of hydrogen-bond acceptors (Lipinski definition) is 3. The third-order valence-corrected chi connectivity index (χ3v) is 4.22. The van der Waals surface area contributed by atoms with E-state index in [2.05, 4.69) is 0 Å². The lowest BCUT2D eigenvalue weighted by Gasteiger charge is -2.43. The summed E-state index contributed by atoms with van der Waals surface area (Å²) in [6.45, 7) is 7.37. The molecule has 4 nitrogen and oxygen atoms in total. The van der Waals surface area contributed by atoms with Crippen molar-refractivity contribution < 1.29 is 9.53 Å². The molecule has 1 amide bonds. The zero-order valence-electron chi connectivity index (χ0n) is 12.6. The molecule has 0 aromatic rings. The molecule has 1 atom stereocenters. The van der Waals surface area contributed by atoms with E-state index in [0.29, 0.717) is 5.92 Å². The molecule has 1 unspecified atom stereocenters. The number of amides is 1. The van der Waals surface area contributed by atoms with Gasteiger partial charge in [0.2, 0.25) is 0 Å². The lowest BCUT2D eigenvalue weighted by molar-refractivity contribution is 0.0135. The van der Waals surface area contributed by atoms with E-state index in [0.717, 1.165) is 38.8 Å². The summed E-state index contributed by atoms with van der Waals surface area (Å²) in [6.07, 6.45) is 6.71. The number of likely N-dealkylation sites (tertiary alicyclic amines) is 1. The van der Waals surface area contributed by atoms with Gasteiger partial charge in [0.05, 0.1) is 0 Å². The maximum Gasteiger partial charge on any atom is 0.410 e. The van der Waals surface area contributed by atoms with E-state index in [1.54, 1.807) is 0 Å². The van der Waals surface area contributed by atoms with Gasteiger partial charge in [-0.05, 0) is 65.2 Å². The summed E-state index contributed by atoms with van der Waals surface area (Å²) >= 11 is 0. The van der Waals surface area contributed by atoms with Gasteiger partial charge in [0.1, 0.15) is 5.60 Å². The largest absolute Gasteiger partial charge is 0.444 e. The van der Waals surface area contributed by atoms with E-state index in [9.17, 15) is 4.79 Å². The van der Waals surface area contributed by atoms with Gasteiger partial charge >= 0.3 is 6.09 Å². The molecule has 0 spiro atoms. The molecule has 2 fully saturated rings. The molecular weight excluding hydrogens is 240 g/mol. The zero-order valence-corrected chi connectivity index (χ0v) is 12.6. The normalized spacial score (nSPS) is 26.7. The molecule has 0 aromatic heterocycles. The van der Waals surface area contributed by atoms with Crippen molar-refractivity contribution in [3.05, 3.63) is 0 Å². The van der Waals surface area contributed by atoms with Gasteiger partial charge in [0, 0.05) is 18.6 Å². The van der Waals surface area contributed by atoms with Gasteiger partial charge in [0.25, 0.3) is 0 Å². The Bertz CT molecular complexity index is 332. The Morgan fingerprint density at radius 1 is 1.37 bits per heavy atom. The number of ether oxygens (including phenoxy) is 1. The quantitative estimate of drug-likeness (QED) is 0.837. The van der Waals surface area contributed by atoms with E-state index in [4.69, 9.17) is 10.5 Å². The van der Waals surface area contributed by atoms with Crippen LogP contribution in [0.15, 0.2) is 0 Å². The van der Waals surface area contributed by atoms with Gasteiger partial charge in [-0.1, -0.05) is 0 Å². The van der Waals surface area contributed by atoms with Crippen molar-refractivity contribution in [3.8, 4) is 0 Å². The van der Waals surface area contributed by atoms with Crippen molar-refractivity contribution in [1.29, 1.82) is 0 Å². The number of nitrogens with two attached hydrogens (primary N) is 1. The van der Waals surface area contributed by atoms with Crippen LogP contribution in [0.3, 0.4) is 0 Å². The van der Waals surface area contributed by atoms with Gasteiger partial charge in [-0.2, -0.15) is 0 Å². The molecule has 4 heteroatoms. The smallest absolute Gasteiger partial charge is 0.410 e. The number of piperidine rings is 1. The van der Waals surface area contributed by atoms with Crippen LogP contribution < -0.4 is 5.73 Å². The first-order valence-electron chi connectivity index (χ1n) is 7.54. The molecule has 1 saturated carbocycles. The van der Waals surface area contributed by atoms with Crippen molar-refractivity contribution in [2.24, 2.45) is 11.7 Å². The fourth-order valence-electron chi connectivity index (χ4n) is 3.13. The molecule has 1 aliphatic heterocycles. The third-order valence-electron chi connectivity index (χ3n) is 4.22. The summed E-state index contributed by atoms with van der Waals surface area (Å²) in [5.74, 6) is 0.548. The fraction of sp³-hybridized carbons (Fsp3) is 0.933. The second-order valence-corrected chi connectivity index (χ2v) is 7.35. The van der Waals surface area contributed by atoms with Gasteiger partial charge < -0.3 is 15.4 Å². The molecule has 2 rings (SSSR count). The summed E-state index contributed by atoms with van der Waals surface area (Å²) in [5, 5.41) is 0. The number of rotatable bonds is 2. The molecule has 2 N–H and O–H groups in total. The van der Waals surface area contributed by atoms with Crippen LogP contribution in [0.25, 0.3) is 0 Å². The molecule has 1 heterocycles. The lowest BCUT2D eigenvalue weighted by Crippen LogP contribution is -2.51. The maximum atomic E-state index is 12.1. The first kappa shape index (κ1) is 14.6. The highest BCUT2D eigenvalue weighted by atomic mass is 16.6. The van der Waals surface area contributed by atoms with Crippen LogP contribution in [0.4, 0.5) is 4.79 Å². The predicted octanol–water partition coefficient (Wildman–Crippen LogP) is 2.91. The Morgan fingerprint density at radius 2 is 2.05 bits per heavy atom. The maximum absolute atomic E-state index is 12.1. The van der Waals surface area contributed by atoms with Crippen molar-refractivity contribution in [2.45, 2.75) is 70.4 Å². The van der Waals surface area contributed by atoms with Gasteiger partial charge in [-0.15, -0.1) is 0 Å². The first-order chi connectivity index (χ1) is 8.77. The van der Waals surface area contributed by atoms with Crippen molar-refractivity contribution in [1.82, 2.24) is 4.90 Å². The van der Waals surface area contributed by atoms with Gasteiger partial charge in [0.15, 0.2) is 0 Å². The van der Waals surface area contributed by atoms with E-state index >= 15 is 0 Å². The Labute approximate surface area is 116 Å². The van der Waals surface area contributed by atoms with Gasteiger partial charge in [-0.25, -0.2) is 4.79 Å². The van der Waals surface area contributed by atoms with E-state index in [1.165, 1.54) is 12.8 Å². The Balaban J connectivity index is 1.84. The van der Waals surface area contributed by atoms with Gasteiger partial charge in [-0.3, -0.25) is 0 Å². The number of carbonyl (C=O) groups excluding carboxylic acids is 1. The Hall–Kier alpha value is -0.770. The second kappa shape index (κ2) is 5.31. The minimum atomic E-state index is -0.410. The van der Waals surface area contributed by atoms with Crippen LogP contribution in [0.2, 0.25) is 0 Å². The molecule has 19 heavy (non-hydrogen) atoms. The second-order valence-electron chi connectivity index (χ2n) is 7.35. The summed E-state index contributed by atoms with van der Waals surface area (Å²) in [5.41, 5.74) is 5.97. The molecule has 110 valence electrons. The average Bonchev–Trinajstić information content (AvgIpc) is 2.25. The van der Waals surface area contributed by atoms with Crippen LogP contribution in [-0.4, -0.2) is 35.2 Å². The van der Waals surface area contributed by atoms with Crippen LogP contribution in [0, 0.1) is 5.92 Å². The average molecular weight is 268 g/mol. The molecular formula is C15H28N2O2. The topological polar surface area (TPSA) is 55.6 Å². The zero-order chi connectivity index (χ0) is 14.1. The molecule has 0 bridgehead atoms. The fourth-order valence-corrected chi connectivity index (χ4v) is 3.13. The Morgan fingerprint density at radius 3 is 2.58 bits per heavy atom. The van der Waals surface area contributed by atoms with Crippen LogP contribution in [-0.2, 0) is 4.74 Å². The number of carbonyl (C=O) groups is 1. The predicted molar refractivity (Wildman–Crippen MR) is 75.9 cm³/mol. The lowest BCUT2D eigenvalue weighted by atomic mass is 9.71. The van der Waals surface area contributed by atoms with Crippen LogP contribution in [0.5, 0.6) is 0 Å². The molecule has 1 aliphatic carbocycles. The minimum absolute atomic E-state index is 0.0572. The van der Waals surface area contributed by atoms with Crippen molar-refractivity contribution in [2.75, 3.05) is 13.1 Å². The highest BCUT2D eigenvalue weighted by molar-refractivity contribution is 5.68. The standard InChI is InChI=1S/C15H28N2O2/c1-14(2,3)19-13(18)17-9-4-6-12(11-17)10-15(16)7-5-8-15/h12H,4-11,16H2,1-3H3. The SMILES string of the molecule is CC(C)(C)OC(=O)N1CCCC(CC2(N)CCC2)C1. The highest BCUT2D eigenvalue weighted by Crippen LogP contribution is 2.37. The molecule has 2 aliphatic rings. The molecule has 0 radical (unpaired) electrons. The van der Waals surface area contributed by atoms with E-state index in [-0.39, 0.29) is 11.6 Å². The minimum Gasteiger partial charge on any atom is -0.444 e. The number of nitrogens with zero attached hydrogens (tertiary/aromatic N) is 1.